The molecule has 1 aromatic carbocycles. The summed E-state index contributed by atoms with van der Waals surface area (Å²) in [5.41, 5.74) is 2.06. The Morgan fingerprint density at radius 3 is 2.74 bits per heavy atom. The number of aromatic nitrogens is 3. The maximum Gasteiger partial charge on any atom is 0.115 e. The number of hydrogen-bond acceptors (Lipinski definition) is 4. The van der Waals surface area contributed by atoms with E-state index in [1.807, 2.05) is 37.6 Å². The third-order valence-electron chi connectivity index (χ3n) is 3.20. The van der Waals surface area contributed by atoms with Crippen LogP contribution in [0.25, 0.3) is 10.8 Å². The summed E-state index contributed by atoms with van der Waals surface area (Å²) < 4.78 is 0. The number of hydrogen-bond donors (Lipinski definition) is 1. The largest absolute Gasteiger partial charge is 0.308 e. The molecule has 0 aliphatic carbocycles. The lowest BCUT2D eigenvalue weighted by molar-refractivity contribution is 0.670. The van der Waals surface area contributed by atoms with Crippen molar-refractivity contribution in [3.8, 4) is 0 Å². The molecule has 0 radical (unpaired) electrons. The Morgan fingerprint density at radius 1 is 1.05 bits per heavy atom. The van der Waals surface area contributed by atoms with E-state index in [0.717, 1.165) is 16.6 Å². The first kappa shape index (κ1) is 11.7. The van der Waals surface area contributed by atoms with Crippen LogP contribution >= 0.6 is 0 Å². The second kappa shape index (κ2) is 5.12. The van der Waals surface area contributed by atoms with Crippen molar-refractivity contribution in [2.24, 2.45) is 0 Å². The molecule has 4 nitrogen and oxygen atoms in total. The predicted molar refractivity (Wildman–Crippen MR) is 74.7 cm³/mol. The second-order valence-electron chi connectivity index (χ2n) is 4.31. The second-order valence-corrected chi connectivity index (χ2v) is 4.31. The highest BCUT2D eigenvalue weighted by atomic mass is 14.9. The van der Waals surface area contributed by atoms with Crippen molar-refractivity contribution in [3.05, 3.63) is 66.5 Å². The van der Waals surface area contributed by atoms with Gasteiger partial charge in [0.25, 0.3) is 0 Å². The molecule has 4 heteroatoms. The van der Waals surface area contributed by atoms with Crippen LogP contribution in [0.5, 0.6) is 0 Å². The van der Waals surface area contributed by atoms with E-state index < -0.39 is 0 Å². The fourth-order valence-electron chi connectivity index (χ4n) is 2.30. The molecule has 3 rings (SSSR count). The fraction of sp³-hybridized carbons (Fsp3) is 0.133. The van der Waals surface area contributed by atoms with Crippen molar-refractivity contribution in [2.45, 2.75) is 6.04 Å². The Morgan fingerprint density at radius 2 is 1.95 bits per heavy atom. The van der Waals surface area contributed by atoms with Crippen molar-refractivity contribution in [3.63, 3.8) is 0 Å². The molecule has 0 bridgehead atoms. The number of nitrogens with zero attached hydrogens (tertiary/aromatic N) is 3. The molecule has 0 aliphatic rings. The highest BCUT2D eigenvalue weighted by molar-refractivity contribution is 5.85. The zero-order valence-electron chi connectivity index (χ0n) is 10.6. The van der Waals surface area contributed by atoms with E-state index in [2.05, 4.69) is 32.4 Å². The van der Waals surface area contributed by atoms with Crippen LogP contribution in [0, 0.1) is 0 Å². The van der Waals surface area contributed by atoms with Gasteiger partial charge in [0, 0.05) is 29.5 Å². The van der Waals surface area contributed by atoms with E-state index in [4.69, 9.17) is 0 Å². The van der Waals surface area contributed by atoms with E-state index in [1.165, 1.54) is 5.39 Å². The molecule has 3 aromatic rings. The van der Waals surface area contributed by atoms with Gasteiger partial charge in [-0.2, -0.15) is 0 Å². The highest BCUT2D eigenvalue weighted by Crippen LogP contribution is 2.26. The molecule has 1 unspecified atom stereocenters. The van der Waals surface area contributed by atoms with Crippen LogP contribution in [0.1, 0.15) is 17.3 Å². The van der Waals surface area contributed by atoms with E-state index in [9.17, 15) is 0 Å². The van der Waals surface area contributed by atoms with Crippen LogP contribution in [-0.2, 0) is 0 Å². The van der Waals surface area contributed by atoms with Crippen LogP contribution < -0.4 is 5.32 Å². The maximum atomic E-state index is 4.33. The molecule has 2 heterocycles. The monoisotopic (exact) mass is 250 g/mol. The number of fused-ring (bicyclic) bond motifs is 1. The van der Waals surface area contributed by atoms with Crippen LogP contribution in [0.3, 0.4) is 0 Å². The standard InChI is InChI=1S/C15H14N4/c1-16-15(14-6-7-17-10-19-14)13-9-18-8-11-4-2-3-5-12(11)13/h2-10,15-16H,1H3. The van der Waals surface area contributed by atoms with Gasteiger partial charge in [0.1, 0.15) is 6.33 Å². The van der Waals surface area contributed by atoms with Gasteiger partial charge in [-0.05, 0) is 18.5 Å². The summed E-state index contributed by atoms with van der Waals surface area (Å²) in [5.74, 6) is 0. The normalized spacial score (nSPS) is 12.5. The number of benzene rings is 1. The minimum Gasteiger partial charge on any atom is -0.308 e. The van der Waals surface area contributed by atoms with E-state index >= 15 is 0 Å². The third kappa shape index (κ3) is 2.18. The minimum atomic E-state index is 0.0154. The van der Waals surface area contributed by atoms with Crippen LogP contribution in [0.2, 0.25) is 0 Å². The summed E-state index contributed by atoms with van der Waals surface area (Å²) in [4.78, 5) is 12.6. The lowest BCUT2D eigenvalue weighted by Crippen LogP contribution is -2.19. The van der Waals surface area contributed by atoms with Gasteiger partial charge in [0.15, 0.2) is 0 Å². The first-order valence-corrected chi connectivity index (χ1v) is 6.16. The van der Waals surface area contributed by atoms with Gasteiger partial charge in [-0.1, -0.05) is 24.3 Å². The van der Waals surface area contributed by atoms with Crippen molar-refractivity contribution in [1.82, 2.24) is 20.3 Å². The maximum absolute atomic E-state index is 4.33. The lowest BCUT2D eigenvalue weighted by atomic mass is 9.99. The lowest BCUT2D eigenvalue weighted by Gasteiger charge is -2.17. The smallest absolute Gasteiger partial charge is 0.115 e. The Balaban J connectivity index is 2.17. The molecule has 2 aromatic heterocycles. The topological polar surface area (TPSA) is 50.7 Å². The summed E-state index contributed by atoms with van der Waals surface area (Å²) in [5, 5.41) is 5.62. The van der Waals surface area contributed by atoms with Gasteiger partial charge in [-0.3, -0.25) is 4.98 Å². The molecule has 94 valence electrons. The summed E-state index contributed by atoms with van der Waals surface area (Å²) >= 11 is 0. The molecule has 1 atom stereocenters. The molecule has 0 spiro atoms. The highest BCUT2D eigenvalue weighted by Gasteiger charge is 2.16. The van der Waals surface area contributed by atoms with Crippen molar-refractivity contribution >= 4 is 10.8 Å². The zero-order chi connectivity index (χ0) is 13.1. The Hall–Kier alpha value is -2.33. The van der Waals surface area contributed by atoms with Gasteiger partial charge in [-0.25, -0.2) is 9.97 Å². The molecule has 1 N–H and O–H groups in total. The van der Waals surface area contributed by atoms with Gasteiger partial charge in [0.05, 0.1) is 11.7 Å². The Labute approximate surface area is 111 Å². The SMILES string of the molecule is CNC(c1ccncn1)c1cncc2ccccc12. The number of pyridine rings is 1. The van der Waals surface area contributed by atoms with Crippen LogP contribution in [0.15, 0.2) is 55.2 Å². The van der Waals surface area contributed by atoms with Crippen molar-refractivity contribution in [1.29, 1.82) is 0 Å². The fourth-order valence-corrected chi connectivity index (χ4v) is 2.30. The predicted octanol–water partition coefficient (Wildman–Crippen LogP) is 2.33. The molecular formula is C15H14N4. The number of nitrogens with one attached hydrogen (secondary N) is 1. The van der Waals surface area contributed by atoms with Gasteiger partial charge < -0.3 is 5.32 Å². The van der Waals surface area contributed by atoms with Crippen LogP contribution in [0.4, 0.5) is 0 Å². The van der Waals surface area contributed by atoms with Crippen LogP contribution in [-0.4, -0.2) is 22.0 Å². The van der Waals surface area contributed by atoms with Gasteiger partial charge >= 0.3 is 0 Å². The molecular weight excluding hydrogens is 236 g/mol. The number of rotatable bonds is 3. The first-order chi connectivity index (χ1) is 9.40. The average molecular weight is 250 g/mol. The summed E-state index contributed by atoms with van der Waals surface area (Å²) in [6, 6.07) is 10.2. The quantitative estimate of drug-likeness (QED) is 0.775. The molecule has 0 amide bonds. The van der Waals surface area contributed by atoms with E-state index in [0.29, 0.717) is 0 Å². The Bertz CT molecular complexity index is 677. The van der Waals surface area contributed by atoms with Gasteiger partial charge in [-0.15, -0.1) is 0 Å². The summed E-state index contributed by atoms with van der Waals surface area (Å²) in [6.07, 6.45) is 7.10. The van der Waals surface area contributed by atoms with E-state index in [1.54, 1.807) is 12.5 Å². The molecule has 0 aliphatic heterocycles. The minimum absolute atomic E-state index is 0.0154. The molecule has 0 saturated heterocycles. The third-order valence-corrected chi connectivity index (χ3v) is 3.20. The summed E-state index contributed by atoms with van der Waals surface area (Å²) in [6.45, 7) is 0. The zero-order valence-corrected chi connectivity index (χ0v) is 10.6. The van der Waals surface area contributed by atoms with Crippen molar-refractivity contribution < 1.29 is 0 Å². The van der Waals surface area contributed by atoms with E-state index in [-0.39, 0.29) is 6.04 Å². The van der Waals surface area contributed by atoms with Crippen molar-refractivity contribution in [2.75, 3.05) is 7.05 Å². The summed E-state index contributed by atoms with van der Waals surface area (Å²) in [7, 11) is 1.93. The first-order valence-electron chi connectivity index (χ1n) is 6.16. The molecule has 0 fully saturated rings. The molecule has 19 heavy (non-hydrogen) atoms. The molecule has 0 saturated carbocycles. The van der Waals surface area contributed by atoms with Gasteiger partial charge in [0.2, 0.25) is 0 Å². The Kier molecular flexibility index (Phi) is 3.16. The average Bonchev–Trinajstić information content (AvgIpc) is 2.49.